The summed E-state index contributed by atoms with van der Waals surface area (Å²) in [6.45, 7) is 3.98. The number of nitrogen functional groups attached to an aromatic ring is 1. The molecule has 0 radical (unpaired) electrons. The molecule has 0 spiro atoms. The van der Waals surface area contributed by atoms with Crippen LogP contribution in [0, 0.1) is 0 Å². The molecule has 0 unspecified atom stereocenters. The minimum Gasteiger partial charge on any atom is -0.478 e. The van der Waals surface area contributed by atoms with E-state index in [2.05, 4.69) is 4.98 Å². The second kappa shape index (κ2) is 4.47. The number of carbonyl (C=O) groups is 2. The topological polar surface area (TPSA) is 96.2 Å². The van der Waals surface area contributed by atoms with E-state index in [9.17, 15) is 14.7 Å². The summed E-state index contributed by atoms with van der Waals surface area (Å²) in [5, 5.41) is 10.1. The summed E-state index contributed by atoms with van der Waals surface area (Å²) in [4.78, 5) is 27.7. The van der Waals surface area contributed by atoms with E-state index in [4.69, 9.17) is 5.73 Å². The number of nitrogens with two attached hydrogens (primary N) is 1. The van der Waals surface area contributed by atoms with Gasteiger partial charge in [-0.25, -0.2) is 4.79 Å². The van der Waals surface area contributed by atoms with Gasteiger partial charge in [0.1, 0.15) is 0 Å². The fourth-order valence-corrected chi connectivity index (χ4v) is 3.58. The van der Waals surface area contributed by atoms with Crippen LogP contribution in [0.4, 0.5) is 5.69 Å². The zero-order chi connectivity index (χ0) is 17.2. The second-order valence-electron chi connectivity index (χ2n) is 6.70. The SMILES string of the molecule is CC1(C)c2cc(C(=O)O)ccc2C(=O)c2c1[nH]c1cc(N)ccc21. The average Bonchev–Trinajstić information content (AvgIpc) is 2.92. The number of nitrogens with one attached hydrogen (secondary N) is 1. The normalized spacial score (nSPS) is 15.2. The van der Waals surface area contributed by atoms with Crippen molar-refractivity contribution in [1.29, 1.82) is 0 Å². The summed E-state index contributed by atoms with van der Waals surface area (Å²) < 4.78 is 0. The van der Waals surface area contributed by atoms with Crippen LogP contribution in [-0.4, -0.2) is 21.8 Å². The van der Waals surface area contributed by atoms with Gasteiger partial charge >= 0.3 is 5.97 Å². The molecule has 2 aromatic carbocycles. The van der Waals surface area contributed by atoms with Crippen molar-refractivity contribution >= 4 is 28.3 Å². The molecule has 1 aliphatic carbocycles. The zero-order valence-corrected chi connectivity index (χ0v) is 13.3. The van der Waals surface area contributed by atoms with Crippen LogP contribution in [0.15, 0.2) is 36.4 Å². The Hall–Kier alpha value is -3.08. The van der Waals surface area contributed by atoms with Gasteiger partial charge in [-0.2, -0.15) is 0 Å². The third-order valence-corrected chi connectivity index (χ3v) is 4.86. The number of hydrogen-bond acceptors (Lipinski definition) is 3. The molecule has 24 heavy (non-hydrogen) atoms. The van der Waals surface area contributed by atoms with Crippen LogP contribution in [0.5, 0.6) is 0 Å². The molecule has 1 heterocycles. The molecule has 1 aromatic heterocycles. The smallest absolute Gasteiger partial charge is 0.335 e. The Kier molecular flexibility index (Phi) is 2.70. The molecule has 0 bridgehead atoms. The molecular formula is C19H16N2O3. The number of benzene rings is 2. The van der Waals surface area contributed by atoms with Gasteiger partial charge < -0.3 is 15.8 Å². The van der Waals surface area contributed by atoms with Gasteiger partial charge in [0.15, 0.2) is 5.78 Å². The third-order valence-electron chi connectivity index (χ3n) is 4.86. The predicted octanol–water partition coefficient (Wildman–Crippen LogP) is 3.32. The quantitative estimate of drug-likeness (QED) is 0.599. The van der Waals surface area contributed by atoms with Crippen LogP contribution in [-0.2, 0) is 5.41 Å². The highest BCUT2D eigenvalue weighted by Gasteiger charge is 2.39. The Morgan fingerprint density at radius 1 is 1.17 bits per heavy atom. The minimum absolute atomic E-state index is 0.0905. The van der Waals surface area contributed by atoms with Crippen molar-refractivity contribution < 1.29 is 14.7 Å². The molecule has 0 atom stereocenters. The average molecular weight is 320 g/mol. The molecule has 1 aliphatic rings. The van der Waals surface area contributed by atoms with Crippen LogP contribution >= 0.6 is 0 Å². The van der Waals surface area contributed by atoms with Gasteiger partial charge in [-0.15, -0.1) is 0 Å². The fraction of sp³-hybridized carbons (Fsp3) is 0.158. The molecule has 4 N–H and O–H groups in total. The number of carboxylic acid groups (broad SMARTS) is 1. The predicted molar refractivity (Wildman–Crippen MR) is 91.7 cm³/mol. The largest absolute Gasteiger partial charge is 0.478 e. The van der Waals surface area contributed by atoms with Gasteiger partial charge in [-0.3, -0.25) is 4.79 Å². The van der Waals surface area contributed by atoms with E-state index in [-0.39, 0.29) is 11.3 Å². The van der Waals surface area contributed by atoms with E-state index in [1.165, 1.54) is 6.07 Å². The summed E-state index contributed by atoms with van der Waals surface area (Å²) in [5.74, 6) is -1.09. The molecule has 0 aliphatic heterocycles. The lowest BCUT2D eigenvalue weighted by Gasteiger charge is -2.32. The van der Waals surface area contributed by atoms with Crippen LogP contribution in [0.25, 0.3) is 10.9 Å². The number of rotatable bonds is 1. The summed E-state index contributed by atoms with van der Waals surface area (Å²) >= 11 is 0. The molecule has 5 nitrogen and oxygen atoms in total. The van der Waals surface area contributed by atoms with Gasteiger partial charge in [0.05, 0.1) is 11.1 Å². The lowest BCUT2D eigenvalue weighted by molar-refractivity contribution is 0.0696. The Balaban J connectivity index is 2.06. The molecule has 0 fully saturated rings. The van der Waals surface area contributed by atoms with Crippen molar-refractivity contribution in [3.05, 3.63) is 64.3 Å². The number of anilines is 1. The number of hydrogen-bond donors (Lipinski definition) is 3. The number of aromatic carboxylic acids is 1. The molecule has 4 rings (SSSR count). The minimum atomic E-state index is -1.00. The van der Waals surface area contributed by atoms with Crippen LogP contribution < -0.4 is 5.73 Å². The number of H-pyrrole nitrogens is 1. The molecule has 0 saturated heterocycles. The van der Waals surface area contributed by atoms with Crippen molar-refractivity contribution in [3.63, 3.8) is 0 Å². The summed E-state index contributed by atoms with van der Waals surface area (Å²) in [6, 6.07) is 10.1. The van der Waals surface area contributed by atoms with E-state index in [0.29, 0.717) is 16.8 Å². The Labute approximate surface area is 138 Å². The van der Waals surface area contributed by atoms with Crippen LogP contribution in [0.2, 0.25) is 0 Å². The standard InChI is InChI=1S/C19H16N2O3/c1-19(2)13-7-9(18(23)24)3-5-11(13)16(22)15-12-6-4-10(20)8-14(12)21-17(15)19/h3-8,21H,20H2,1-2H3,(H,23,24). The molecule has 120 valence electrons. The Morgan fingerprint density at radius 3 is 2.62 bits per heavy atom. The highest BCUT2D eigenvalue weighted by Crippen LogP contribution is 2.44. The van der Waals surface area contributed by atoms with Crippen molar-refractivity contribution in [3.8, 4) is 0 Å². The first kappa shape index (κ1) is 14.5. The van der Waals surface area contributed by atoms with E-state index in [1.807, 2.05) is 26.0 Å². The maximum absolute atomic E-state index is 13.0. The maximum atomic E-state index is 13.0. The maximum Gasteiger partial charge on any atom is 0.335 e. The van der Waals surface area contributed by atoms with Crippen molar-refractivity contribution in [2.24, 2.45) is 0 Å². The number of aromatic amines is 1. The van der Waals surface area contributed by atoms with Gasteiger partial charge in [0.25, 0.3) is 0 Å². The zero-order valence-electron chi connectivity index (χ0n) is 13.3. The molecule has 5 heteroatoms. The van der Waals surface area contributed by atoms with Crippen molar-refractivity contribution in [2.75, 3.05) is 5.73 Å². The first-order chi connectivity index (χ1) is 11.3. The van der Waals surface area contributed by atoms with Gasteiger partial charge in [-0.05, 0) is 35.9 Å². The molecule has 3 aromatic rings. The van der Waals surface area contributed by atoms with Crippen molar-refractivity contribution in [1.82, 2.24) is 4.98 Å². The third kappa shape index (κ3) is 1.75. The van der Waals surface area contributed by atoms with E-state index in [1.54, 1.807) is 18.2 Å². The van der Waals surface area contributed by atoms with Gasteiger partial charge in [0, 0.05) is 33.3 Å². The molecular weight excluding hydrogens is 304 g/mol. The van der Waals surface area contributed by atoms with E-state index in [0.717, 1.165) is 22.2 Å². The summed E-state index contributed by atoms with van der Waals surface area (Å²) in [7, 11) is 0. The number of carbonyl (C=O) groups excluding carboxylic acids is 1. The Bertz CT molecular complexity index is 1040. The highest BCUT2D eigenvalue weighted by molar-refractivity contribution is 6.20. The number of carboxylic acids is 1. The number of aromatic nitrogens is 1. The van der Waals surface area contributed by atoms with Gasteiger partial charge in [0.2, 0.25) is 0 Å². The summed E-state index contributed by atoms with van der Waals surface area (Å²) in [5.41, 5.74) is 9.66. The molecule has 0 amide bonds. The number of fused-ring (bicyclic) bond motifs is 4. The van der Waals surface area contributed by atoms with Crippen molar-refractivity contribution in [2.45, 2.75) is 19.3 Å². The number of ketones is 1. The first-order valence-electron chi connectivity index (χ1n) is 7.65. The second-order valence-corrected chi connectivity index (χ2v) is 6.70. The summed E-state index contributed by atoms with van der Waals surface area (Å²) in [6.07, 6.45) is 0. The monoisotopic (exact) mass is 320 g/mol. The van der Waals surface area contributed by atoms with Gasteiger partial charge in [-0.1, -0.05) is 19.9 Å². The Morgan fingerprint density at radius 2 is 1.92 bits per heavy atom. The fourth-order valence-electron chi connectivity index (χ4n) is 3.58. The van der Waals surface area contributed by atoms with Crippen LogP contribution in [0.1, 0.15) is 51.4 Å². The lowest BCUT2D eigenvalue weighted by atomic mass is 9.71. The first-order valence-corrected chi connectivity index (χ1v) is 7.65. The van der Waals surface area contributed by atoms with Crippen LogP contribution in [0.3, 0.4) is 0 Å². The lowest BCUT2D eigenvalue weighted by Crippen LogP contribution is -2.30. The molecule has 0 saturated carbocycles. The van der Waals surface area contributed by atoms with E-state index >= 15 is 0 Å². The highest BCUT2D eigenvalue weighted by atomic mass is 16.4. The van der Waals surface area contributed by atoms with E-state index < -0.39 is 11.4 Å².